The number of para-hydroxylation sites is 1. The van der Waals surface area contributed by atoms with Crippen molar-refractivity contribution in [3.8, 4) is 0 Å². The quantitative estimate of drug-likeness (QED) is 0.710. The van der Waals surface area contributed by atoms with E-state index in [-0.39, 0.29) is 5.69 Å². The molecule has 0 atom stereocenters. The molecular weight excluding hydrogens is 434 g/mol. The van der Waals surface area contributed by atoms with Crippen LogP contribution in [0.3, 0.4) is 0 Å². The summed E-state index contributed by atoms with van der Waals surface area (Å²) >= 11 is 6.36. The Morgan fingerprint density at radius 1 is 1.05 bits per heavy atom. The third-order valence-electron chi connectivity index (χ3n) is 2.54. The van der Waals surface area contributed by atoms with Crippen LogP contribution in [0.25, 0.3) is 0 Å². The average molecular weight is 442 g/mol. The molecule has 0 fully saturated rings. The number of anilines is 2. The summed E-state index contributed by atoms with van der Waals surface area (Å²) in [7, 11) is -4.26. The molecule has 0 radical (unpaired) electrons. The highest BCUT2D eigenvalue weighted by molar-refractivity contribution is 9.11. The Labute approximate surface area is 136 Å². The number of hydrogen-bond donors (Lipinski definition) is 2. The highest BCUT2D eigenvalue weighted by atomic mass is 79.9. The molecule has 0 aliphatic carbocycles. The lowest BCUT2D eigenvalue weighted by Crippen LogP contribution is -2.16. The van der Waals surface area contributed by atoms with Crippen molar-refractivity contribution in [2.75, 3.05) is 10.5 Å². The maximum Gasteiger partial charge on any atom is 0.264 e. The van der Waals surface area contributed by atoms with Gasteiger partial charge in [0, 0.05) is 15.0 Å². The zero-order chi connectivity index (χ0) is 15.8. The van der Waals surface area contributed by atoms with Gasteiger partial charge >= 0.3 is 0 Å². The van der Waals surface area contributed by atoms with Crippen molar-refractivity contribution in [1.82, 2.24) is 0 Å². The fraction of sp³-hybridized carbons (Fsp3) is 0. The van der Waals surface area contributed by atoms with Gasteiger partial charge in [0.25, 0.3) is 10.0 Å². The first-order chi connectivity index (χ1) is 9.72. The minimum atomic E-state index is -4.26. The van der Waals surface area contributed by atoms with Gasteiger partial charge in [0.05, 0.1) is 11.4 Å². The molecule has 4 nitrogen and oxygen atoms in total. The summed E-state index contributed by atoms with van der Waals surface area (Å²) in [6.45, 7) is 0. The summed E-state index contributed by atoms with van der Waals surface area (Å²) in [5, 5.41) is 0. The Hall–Kier alpha value is -1.19. The molecule has 0 saturated carbocycles. The van der Waals surface area contributed by atoms with Crippen LogP contribution in [0.4, 0.5) is 20.2 Å². The number of nitrogen functional groups attached to an aromatic ring is 1. The number of benzene rings is 2. The molecule has 0 spiro atoms. The maximum atomic E-state index is 13.7. The smallest absolute Gasteiger partial charge is 0.264 e. The minimum Gasteiger partial charge on any atom is -0.396 e. The Kier molecular flexibility index (Phi) is 4.54. The standard InChI is InChI=1S/C12H8Br2F2N2O2S/c13-6-2-1-3-7(14)12(6)18-21(19,20)11-5-10(17)8(15)4-9(11)16/h1-5,18H,17H2. The van der Waals surface area contributed by atoms with Crippen LogP contribution < -0.4 is 10.5 Å². The second-order valence-corrected chi connectivity index (χ2v) is 7.37. The van der Waals surface area contributed by atoms with Crippen molar-refractivity contribution < 1.29 is 17.2 Å². The molecule has 3 N–H and O–H groups in total. The van der Waals surface area contributed by atoms with E-state index in [1.54, 1.807) is 18.2 Å². The average Bonchev–Trinajstić information content (AvgIpc) is 2.38. The maximum absolute atomic E-state index is 13.7. The first-order valence-electron chi connectivity index (χ1n) is 5.43. The largest absolute Gasteiger partial charge is 0.396 e. The van der Waals surface area contributed by atoms with Crippen molar-refractivity contribution >= 4 is 53.3 Å². The molecule has 0 unspecified atom stereocenters. The third-order valence-corrected chi connectivity index (χ3v) is 5.23. The van der Waals surface area contributed by atoms with Crippen LogP contribution in [0.2, 0.25) is 0 Å². The predicted molar refractivity (Wildman–Crippen MR) is 83.4 cm³/mol. The lowest BCUT2D eigenvalue weighted by atomic mass is 10.3. The van der Waals surface area contributed by atoms with Crippen molar-refractivity contribution in [2.24, 2.45) is 0 Å². The van der Waals surface area contributed by atoms with Gasteiger partial charge in [-0.15, -0.1) is 0 Å². The normalized spacial score (nSPS) is 11.4. The zero-order valence-corrected chi connectivity index (χ0v) is 14.2. The second kappa shape index (κ2) is 5.90. The topological polar surface area (TPSA) is 72.2 Å². The molecule has 9 heteroatoms. The highest BCUT2D eigenvalue weighted by Crippen LogP contribution is 2.33. The second-order valence-electron chi connectivity index (χ2n) is 4.01. The van der Waals surface area contributed by atoms with Gasteiger partial charge < -0.3 is 5.73 Å². The van der Waals surface area contributed by atoms with Crippen LogP contribution in [-0.2, 0) is 10.0 Å². The van der Waals surface area contributed by atoms with E-state index in [0.29, 0.717) is 15.0 Å². The Balaban J connectivity index is 2.51. The van der Waals surface area contributed by atoms with Gasteiger partial charge in [-0.2, -0.15) is 0 Å². The molecule has 0 aliphatic rings. The Morgan fingerprint density at radius 2 is 1.62 bits per heavy atom. The van der Waals surface area contributed by atoms with Gasteiger partial charge in [0.2, 0.25) is 0 Å². The van der Waals surface area contributed by atoms with E-state index in [9.17, 15) is 17.2 Å². The van der Waals surface area contributed by atoms with Crippen LogP contribution in [-0.4, -0.2) is 8.42 Å². The van der Waals surface area contributed by atoms with Crippen molar-refractivity contribution in [1.29, 1.82) is 0 Å². The van der Waals surface area contributed by atoms with E-state index in [1.807, 2.05) is 0 Å². The molecule has 112 valence electrons. The highest BCUT2D eigenvalue weighted by Gasteiger charge is 2.23. The number of sulfonamides is 1. The van der Waals surface area contributed by atoms with Gasteiger partial charge in [-0.25, -0.2) is 17.2 Å². The monoisotopic (exact) mass is 440 g/mol. The molecule has 0 amide bonds. The first-order valence-corrected chi connectivity index (χ1v) is 8.50. The molecule has 0 aromatic heterocycles. The minimum absolute atomic E-state index is 0.194. The van der Waals surface area contributed by atoms with E-state index in [4.69, 9.17) is 5.73 Å². The summed E-state index contributed by atoms with van der Waals surface area (Å²) in [5.41, 5.74) is 5.03. The van der Waals surface area contributed by atoms with E-state index in [0.717, 1.165) is 6.07 Å². The van der Waals surface area contributed by atoms with Crippen molar-refractivity contribution in [2.45, 2.75) is 4.90 Å². The molecular formula is C12H8Br2F2N2O2S. The summed E-state index contributed by atoms with van der Waals surface area (Å²) < 4.78 is 54.4. The van der Waals surface area contributed by atoms with Crippen LogP contribution >= 0.6 is 31.9 Å². The number of hydrogen-bond acceptors (Lipinski definition) is 3. The molecule has 2 rings (SSSR count). The third kappa shape index (κ3) is 3.35. The van der Waals surface area contributed by atoms with E-state index in [2.05, 4.69) is 36.6 Å². The first kappa shape index (κ1) is 16.2. The fourth-order valence-corrected chi connectivity index (χ4v) is 4.19. The molecule has 0 bridgehead atoms. The molecule has 0 saturated heterocycles. The molecule has 2 aromatic rings. The van der Waals surface area contributed by atoms with E-state index < -0.39 is 32.2 Å². The SMILES string of the molecule is Nc1cc(S(=O)(=O)Nc2c(Br)cccc2Br)c(F)cc1F. The summed E-state index contributed by atoms with van der Waals surface area (Å²) in [6.07, 6.45) is 0. The number of halogens is 4. The Bertz CT molecular complexity index is 793. The number of nitrogens with two attached hydrogens (primary N) is 1. The molecule has 0 aliphatic heterocycles. The van der Waals surface area contributed by atoms with E-state index >= 15 is 0 Å². The van der Waals surface area contributed by atoms with Gasteiger partial charge in [0.1, 0.15) is 16.5 Å². The van der Waals surface area contributed by atoms with Crippen molar-refractivity contribution in [3.63, 3.8) is 0 Å². The van der Waals surface area contributed by atoms with Crippen LogP contribution in [0.15, 0.2) is 44.2 Å². The Morgan fingerprint density at radius 3 is 2.19 bits per heavy atom. The number of nitrogens with one attached hydrogen (secondary N) is 1. The zero-order valence-electron chi connectivity index (χ0n) is 10.2. The summed E-state index contributed by atoms with van der Waals surface area (Å²) in [5.74, 6) is -2.24. The van der Waals surface area contributed by atoms with Crippen molar-refractivity contribution in [3.05, 3.63) is 50.9 Å². The summed E-state index contributed by atoms with van der Waals surface area (Å²) in [4.78, 5) is -0.732. The van der Waals surface area contributed by atoms with Gasteiger partial charge in [-0.1, -0.05) is 6.07 Å². The van der Waals surface area contributed by atoms with Gasteiger partial charge in [-0.3, -0.25) is 4.72 Å². The molecule has 21 heavy (non-hydrogen) atoms. The molecule has 2 aromatic carbocycles. The fourth-order valence-electron chi connectivity index (χ4n) is 1.54. The van der Waals surface area contributed by atoms with Crippen LogP contribution in [0.1, 0.15) is 0 Å². The van der Waals surface area contributed by atoms with Crippen LogP contribution in [0, 0.1) is 11.6 Å². The van der Waals surface area contributed by atoms with E-state index in [1.165, 1.54) is 0 Å². The lowest BCUT2D eigenvalue weighted by molar-refractivity contribution is 0.553. The predicted octanol–water partition coefficient (Wildman–Crippen LogP) is 3.87. The van der Waals surface area contributed by atoms with Gasteiger partial charge in [0.15, 0.2) is 0 Å². The van der Waals surface area contributed by atoms with Crippen LogP contribution in [0.5, 0.6) is 0 Å². The molecule has 0 heterocycles. The van der Waals surface area contributed by atoms with Gasteiger partial charge in [-0.05, 0) is 50.1 Å². The summed E-state index contributed by atoms with van der Waals surface area (Å²) in [6, 6.07) is 6.06. The number of rotatable bonds is 3. The lowest BCUT2D eigenvalue weighted by Gasteiger charge is -2.12.